The summed E-state index contributed by atoms with van der Waals surface area (Å²) in [5, 5.41) is 6.01. The lowest BCUT2D eigenvalue weighted by Crippen LogP contribution is -2.59. The Kier molecular flexibility index (Phi) is 19.4. The van der Waals surface area contributed by atoms with Crippen LogP contribution in [0.1, 0.15) is 96.9 Å². The predicted molar refractivity (Wildman–Crippen MR) is 229 cm³/mol. The summed E-state index contributed by atoms with van der Waals surface area (Å²) in [6.07, 6.45) is 3.30. The maximum atomic E-state index is 14.3. The van der Waals surface area contributed by atoms with Crippen LogP contribution in [0, 0.1) is 17.8 Å². The number of amides is 4. The number of likely N-dealkylation sites (N-methyl/N-ethyl adjacent to an activating group) is 2. The molecule has 1 heterocycles. The van der Waals surface area contributed by atoms with E-state index in [0.29, 0.717) is 19.5 Å². The first-order valence-electron chi connectivity index (χ1n) is 20.7. The molecule has 11 heteroatoms. The first kappa shape index (κ1) is 47.0. The van der Waals surface area contributed by atoms with Crippen molar-refractivity contribution in [2.24, 2.45) is 17.8 Å². The number of nitrogens with one attached hydrogen (secondary N) is 2. The van der Waals surface area contributed by atoms with Gasteiger partial charge in [0.25, 0.3) is 0 Å². The number of carbonyl (C=O) groups excluding carboxylic acids is 4. The summed E-state index contributed by atoms with van der Waals surface area (Å²) < 4.78 is 6.09. The highest BCUT2D eigenvalue weighted by molar-refractivity contribution is 8.00. The molecule has 1 aliphatic heterocycles. The molecule has 1 fully saturated rings. The van der Waals surface area contributed by atoms with Gasteiger partial charge in [-0.25, -0.2) is 0 Å². The van der Waals surface area contributed by atoms with E-state index in [9.17, 15) is 19.2 Å². The van der Waals surface area contributed by atoms with Crippen molar-refractivity contribution < 1.29 is 23.9 Å². The van der Waals surface area contributed by atoms with Crippen LogP contribution in [0.25, 0.3) is 0 Å². The first-order chi connectivity index (χ1) is 26.6. The maximum Gasteiger partial charge on any atom is 0.245 e. The number of benzene rings is 2. The molecule has 8 unspecified atom stereocenters. The number of methoxy groups -OCH3 is 1. The molecule has 312 valence electrons. The van der Waals surface area contributed by atoms with Gasteiger partial charge in [0, 0.05) is 38.5 Å². The zero-order valence-corrected chi connectivity index (χ0v) is 36.8. The van der Waals surface area contributed by atoms with Crippen LogP contribution in [0.5, 0.6) is 0 Å². The van der Waals surface area contributed by atoms with Gasteiger partial charge in [0.15, 0.2) is 0 Å². The van der Waals surface area contributed by atoms with Crippen molar-refractivity contribution >= 4 is 35.4 Å². The van der Waals surface area contributed by atoms with Crippen molar-refractivity contribution in [3.05, 3.63) is 71.8 Å². The second-order valence-electron chi connectivity index (χ2n) is 16.5. The van der Waals surface area contributed by atoms with Crippen LogP contribution in [0.2, 0.25) is 0 Å². The smallest absolute Gasteiger partial charge is 0.245 e. The Morgan fingerprint density at radius 3 is 2.07 bits per heavy atom. The van der Waals surface area contributed by atoms with Crippen LogP contribution in [-0.2, 0) is 30.3 Å². The molecule has 10 nitrogen and oxygen atoms in total. The SMILES string of the molecule is CCC(C)C(C(CC(=O)N1CCCC1CC(SC(C)c1ccccc1)C(=O)NCCc1ccccc1)OC)N(C)C(=O)C(NC(=O)C(C(C)C)N(C)C)C(C)C. The Labute approximate surface area is 342 Å². The third-order valence-electron chi connectivity index (χ3n) is 11.4. The molecular weight excluding hydrogens is 723 g/mol. The van der Waals surface area contributed by atoms with Crippen molar-refractivity contribution in [3.63, 3.8) is 0 Å². The Bertz CT molecular complexity index is 1500. The van der Waals surface area contributed by atoms with Crippen molar-refractivity contribution in [1.29, 1.82) is 0 Å². The zero-order chi connectivity index (χ0) is 41.5. The van der Waals surface area contributed by atoms with E-state index in [1.54, 1.807) is 30.8 Å². The fraction of sp³-hybridized carbons (Fsp3) is 0.644. The molecule has 4 amide bonds. The lowest BCUT2D eigenvalue weighted by molar-refractivity contribution is -0.146. The van der Waals surface area contributed by atoms with Crippen LogP contribution in [0.4, 0.5) is 0 Å². The second kappa shape index (κ2) is 23.1. The van der Waals surface area contributed by atoms with Gasteiger partial charge in [-0.3, -0.25) is 24.1 Å². The van der Waals surface area contributed by atoms with Gasteiger partial charge in [-0.15, -0.1) is 11.8 Å². The Morgan fingerprint density at radius 1 is 0.893 bits per heavy atom. The molecule has 0 spiro atoms. The lowest BCUT2D eigenvalue weighted by Gasteiger charge is -2.40. The standard InChI is InChI=1S/C45H71N5O5S/c1-12-32(6)42(49(10)45(54)40(30(2)3)47-44(53)41(31(4)5)48(8)9)37(55-11)29-39(51)50-27-19-24-36(50)28-38(56-33(7)35-22-17-14-18-23-35)43(52)46-26-25-34-20-15-13-16-21-34/h13-18,20-23,30-33,36-38,40-42H,12,19,24-29H2,1-11H3,(H,46,52)(H,47,53). The van der Waals surface area contributed by atoms with Gasteiger partial charge in [-0.2, -0.15) is 0 Å². The van der Waals surface area contributed by atoms with E-state index in [1.165, 1.54) is 5.56 Å². The van der Waals surface area contributed by atoms with Gasteiger partial charge in [-0.05, 0) is 75.6 Å². The summed E-state index contributed by atoms with van der Waals surface area (Å²) in [4.78, 5) is 61.5. The predicted octanol–water partition coefficient (Wildman–Crippen LogP) is 6.59. The minimum atomic E-state index is -0.733. The molecule has 0 saturated carbocycles. The normalized spacial score (nSPS) is 18.2. The fourth-order valence-electron chi connectivity index (χ4n) is 8.14. The van der Waals surface area contributed by atoms with Crippen LogP contribution in [-0.4, -0.2) is 115 Å². The van der Waals surface area contributed by atoms with Gasteiger partial charge < -0.3 is 25.2 Å². The van der Waals surface area contributed by atoms with Crippen molar-refractivity contribution in [2.45, 2.75) is 128 Å². The van der Waals surface area contributed by atoms with Gasteiger partial charge in [0.05, 0.1) is 29.9 Å². The monoisotopic (exact) mass is 794 g/mol. The quantitative estimate of drug-likeness (QED) is 0.138. The van der Waals surface area contributed by atoms with E-state index in [-0.39, 0.29) is 70.4 Å². The van der Waals surface area contributed by atoms with Crippen molar-refractivity contribution in [3.8, 4) is 0 Å². The number of hydrogen-bond donors (Lipinski definition) is 2. The van der Waals surface area contributed by atoms with Crippen molar-refractivity contribution in [1.82, 2.24) is 25.3 Å². The highest BCUT2D eigenvalue weighted by Gasteiger charge is 2.41. The Morgan fingerprint density at radius 2 is 1.52 bits per heavy atom. The minimum Gasteiger partial charge on any atom is -0.379 e. The van der Waals surface area contributed by atoms with E-state index in [4.69, 9.17) is 4.74 Å². The van der Waals surface area contributed by atoms with Gasteiger partial charge in [0.1, 0.15) is 6.04 Å². The number of likely N-dealkylation sites (tertiary alicyclic amines) is 1. The van der Waals surface area contributed by atoms with Crippen LogP contribution in [0.15, 0.2) is 60.7 Å². The number of thioether (sulfide) groups is 1. The summed E-state index contributed by atoms with van der Waals surface area (Å²) in [7, 11) is 7.13. The van der Waals surface area contributed by atoms with Crippen LogP contribution < -0.4 is 10.6 Å². The number of carbonyl (C=O) groups is 4. The summed E-state index contributed by atoms with van der Waals surface area (Å²) >= 11 is 1.65. The van der Waals surface area contributed by atoms with E-state index < -0.39 is 18.2 Å². The fourth-order valence-corrected chi connectivity index (χ4v) is 9.49. The van der Waals surface area contributed by atoms with E-state index in [2.05, 4.69) is 55.7 Å². The molecule has 56 heavy (non-hydrogen) atoms. The average molecular weight is 794 g/mol. The van der Waals surface area contributed by atoms with E-state index in [1.807, 2.05) is 88.0 Å². The Hall–Kier alpha value is -3.41. The summed E-state index contributed by atoms with van der Waals surface area (Å²) in [6, 6.07) is 18.8. The molecule has 0 aromatic heterocycles. The van der Waals surface area contributed by atoms with Crippen molar-refractivity contribution in [2.75, 3.05) is 41.3 Å². The molecule has 2 aromatic carbocycles. The van der Waals surface area contributed by atoms with E-state index in [0.717, 1.165) is 31.2 Å². The molecule has 8 atom stereocenters. The molecule has 0 aliphatic carbocycles. The second-order valence-corrected chi connectivity index (χ2v) is 18.1. The number of hydrogen-bond acceptors (Lipinski definition) is 7. The highest BCUT2D eigenvalue weighted by Crippen LogP contribution is 2.36. The molecule has 1 aliphatic rings. The van der Waals surface area contributed by atoms with E-state index >= 15 is 0 Å². The summed E-state index contributed by atoms with van der Waals surface area (Å²) in [6.45, 7) is 15.3. The number of rotatable bonds is 22. The van der Waals surface area contributed by atoms with Gasteiger partial charge in [-0.1, -0.05) is 109 Å². The van der Waals surface area contributed by atoms with Crippen LogP contribution >= 0.6 is 11.8 Å². The summed E-state index contributed by atoms with van der Waals surface area (Å²) in [5.74, 6) is -0.478. The van der Waals surface area contributed by atoms with Gasteiger partial charge >= 0.3 is 0 Å². The lowest BCUT2D eigenvalue weighted by atomic mass is 9.89. The largest absolute Gasteiger partial charge is 0.379 e. The molecule has 0 radical (unpaired) electrons. The third-order valence-corrected chi connectivity index (χ3v) is 12.9. The molecule has 2 aromatic rings. The third kappa shape index (κ3) is 13.3. The maximum absolute atomic E-state index is 14.3. The van der Waals surface area contributed by atoms with Gasteiger partial charge in [0.2, 0.25) is 23.6 Å². The summed E-state index contributed by atoms with van der Waals surface area (Å²) in [5.41, 5.74) is 2.33. The number of ether oxygens (including phenoxy) is 1. The Balaban J connectivity index is 1.79. The number of nitrogens with zero attached hydrogens (tertiary/aromatic N) is 3. The molecule has 0 bridgehead atoms. The topological polar surface area (TPSA) is 111 Å². The molecule has 1 saturated heterocycles. The average Bonchev–Trinajstić information content (AvgIpc) is 3.64. The molecule has 3 rings (SSSR count). The first-order valence-corrected chi connectivity index (χ1v) is 21.6. The zero-order valence-electron chi connectivity index (χ0n) is 36.0. The molecular formula is C45H71N5O5S. The highest BCUT2D eigenvalue weighted by atomic mass is 32.2. The van der Waals surface area contributed by atoms with Crippen LogP contribution in [0.3, 0.4) is 0 Å². The molecule has 2 N–H and O–H groups in total. The minimum absolute atomic E-state index is 0.00292.